The van der Waals surface area contributed by atoms with Crippen molar-refractivity contribution in [2.45, 2.75) is 6.42 Å². The van der Waals surface area contributed by atoms with E-state index in [1.807, 2.05) is 0 Å². The highest BCUT2D eigenvalue weighted by molar-refractivity contribution is 6.17. The standard InChI is InChI=1S/C11H10ClF2NO2/c12-2-1-3-15-9-5-7(13)4-8(14)11(9)17-6-10(15)16/h4-5H,1-3,6H2. The lowest BCUT2D eigenvalue weighted by Crippen LogP contribution is -2.40. The van der Waals surface area contributed by atoms with Gasteiger partial charge in [-0.15, -0.1) is 11.6 Å². The minimum absolute atomic E-state index is 0.0828. The average molecular weight is 262 g/mol. The molecule has 1 aromatic rings. The molecule has 0 atom stereocenters. The monoisotopic (exact) mass is 261 g/mol. The molecule has 1 amide bonds. The first kappa shape index (κ1) is 12.1. The molecule has 0 aromatic heterocycles. The molecule has 0 aliphatic carbocycles. The molecule has 17 heavy (non-hydrogen) atoms. The molecule has 0 unspecified atom stereocenters. The van der Waals surface area contributed by atoms with Gasteiger partial charge in [-0.2, -0.15) is 0 Å². The number of alkyl halides is 1. The first-order valence-electron chi connectivity index (χ1n) is 5.11. The Labute approximate surface area is 102 Å². The van der Waals surface area contributed by atoms with E-state index in [9.17, 15) is 13.6 Å². The fraction of sp³-hybridized carbons (Fsp3) is 0.364. The van der Waals surface area contributed by atoms with Gasteiger partial charge in [0.05, 0.1) is 5.69 Å². The van der Waals surface area contributed by atoms with Crippen molar-refractivity contribution in [1.82, 2.24) is 0 Å². The number of carbonyl (C=O) groups excluding carboxylic acids is 1. The summed E-state index contributed by atoms with van der Waals surface area (Å²) in [7, 11) is 0. The third-order valence-corrected chi connectivity index (χ3v) is 2.70. The van der Waals surface area contributed by atoms with E-state index in [4.69, 9.17) is 16.3 Å². The summed E-state index contributed by atoms with van der Waals surface area (Å²) in [6.07, 6.45) is 0.546. The van der Waals surface area contributed by atoms with Gasteiger partial charge < -0.3 is 9.64 Å². The number of benzene rings is 1. The van der Waals surface area contributed by atoms with E-state index in [0.29, 0.717) is 18.8 Å². The lowest BCUT2D eigenvalue weighted by atomic mass is 10.2. The van der Waals surface area contributed by atoms with Gasteiger partial charge in [0.15, 0.2) is 18.2 Å². The van der Waals surface area contributed by atoms with Crippen molar-refractivity contribution in [2.24, 2.45) is 0 Å². The summed E-state index contributed by atoms with van der Waals surface area (Å²) in [5.41, 5.74) is 0.129. The van der Waals surface area contributed by atoms with Crippen LogP contribution in [-0.4, -0.2) is 24.9 Å². The molecular formula is C11H10ClF2NO2. The summed E-state index contributed by atoms with van der Waals surface area (Å²) in [6, 6.07) is 1.82. The van der Waals surface area contributed by atoms with Crippen LogP contribution < -0.4 is 9.64 Å². The van der Waals surface area contributed by atoms with Crippen LogP contribution in [0.15, 0.2) is 12.1 Å². The highest BCUT2D eigenvalue weighted by Crippen LogP contribution is 2.35. The molecule has 0 saturated carbocycles. The van der Waals surface area contributed by atoms with Gasteiger partial charge in [0, 0.05) is 24.6 Å². The van der Waals surface area contributed by atoms with E-state index < -0.39 is 11.6 Å². The maximum Gasteiger partial charge on any atom is 0.265 e. The number of fused-ring (bicyclic) bond motifs is 1. The van der Waals surface area contributed by atoms with Gasteiger partial charge in [0.25, 0.3) is 5.91 Å². The summed E-state index contributed by atoms with van der Waals surface area (Å²) in [6.45, 7) is 0.0828. The van der Waals surface area contributed by atoms with Crippen LogP contribution in [0.3, 0.4) is 0 Å². The molecule has 0 fully saturated rings. The number of ether oxygens (including phenoxy) is 1. The van der Waals surface area contributed by atoms with E-state index in [1.165, 1.54) is 4.90 Å². The third kappa shape index (κ3) is 2.34. The van der Waals surface area contributed by atoms with E-state index >= 15 is 0 Å². The highest BCUT2D eigenvalue weighted by Gasteiger charge is 2.28. The first-order valence-corrected chi connectivity index (χ1v) is 5.65. The molecule has 6 heteroatoms. The molecule has 1 heterocycles. The SMILES string of the molecule is O=C1COc2c(F)cc(F)cc2N1CCCCl. The number of anilines is 1. The smallest absolute Gasteiger partial charge is 0.265 e. The Morgan fingerprint density at radius 1 is 1.41 bits per heavy atom. The summed E-state index contributed by atoms with van der Waals surface area (Å²) in [5, 5.41) is 0. The van der Waals surface area contributed by atoms with Crippen molar-refractivity contribution in [1.29, 1.82) is 0 Å². The van der Waals surface area contributed by atoms with Gasteiger partial charge in [-0.05, 0) is 6.42 Å². The second-order valence-electron chi connectivity index (χ2n) is 3.61. The molecule has 0 saturated heterocycles. The van der Waals surface area contributed by atoms with Gasteiger partial charge in [0.2, 0.25) is 0 Å². The first-order chi connectivity index (χ1) is 8.13. The zero-order valence-electron chi connectivity index (χ0n) is 8.88. The Bertz CT molecular complexity index is 453. The minimum Gasteiger partial charge on any atom is -0.478 e. The van der Waals surface area contributed by atoms with Crippen LogP contribution in [0.2, 0.25) is 0 Å². The van der Waals surface area contributed by atoms with E-state index in [-0.39, 0.29) is 24.0 Å². The van der Waals surface area contributed by atoms with Crippen LogP contribution in [0, 0.1) is 11.6 Å². The second kappa shape index (κ2) is 4.87. The van der Waals surface area contributed by atoms with Crippen LogP contribution in [0.5, 0.6) is 5.75 Å². The number of hydrogen-bond donors (Lipinski definition) is 0. The van der Waals surface area contributed by atoms with Crippen LogP contribution in [0.4, 0.5) is 14.5 Å². The lowest BCUT2D eigenvalue weighted by molar-refractivity contribution is -0.121. The van der Waals surface area contributed by atoms with Crippen molar-refractivity contribution in [3.63, 3.8) is 0 Å². The molecule has 0 bridgehead atoms. The third-order valence-electron chi connectivity index (χ3n) is 2.44. The summed E-state index contributed by atoms with van der Waals surface area (Å²) < 4.78 is 31.5. The number of nitrogens with zero attached hydrogens (tertiary/aromatic N) is 1. The highest BCUT2D eigenvalue weighted by atomic mass is 35.5. The molecule has 92 valence electrons. The van der Waals surface area contributed by atoms with E-state index in [1.54, 1.807) is 0 Å². The summed E-state index contributed by atoms with van der Waals surface area (Å²) in [4.78, 5) is 12.9. The predicted molar refractivity (Wildman–Crippen MR) is 59.5 cm³/mol. The van der Waals surface area contributed by atoms with Crippen molar-refractivity contribution in [3.05, 3.63) is 23.8 Å². The Balaban J connectivity index is 2.39. The van der Waals surface area contributed by atoms with Gasteiger partial charge in [-0.1, -0.05) is 0 Å². The van der Waals surface area contributed by atoms with Crippen molar-refractivity contribution >= 4 is 23.2 Å². The maximum absolute atomic E-state index is 13.4. The fourth-order valence-corrected chi connectivity index (χ4v) is 1.82. The molecule has 0 radical (unpaired) electrons. The minimum atomic E-state index is -0.802. The normalized spacial score (nSPS) is 14.5. The maximum atomic E-state index is 13.4. The van der Waals surface area contributed by atoms with Crippen LogP contribution >= 0.6 is 11.6 Å². The Kier molecular flexibility index (Phi) is 3.47. The zero-order chi connectivity index (χ0) is 12.4. The van der Waals surface area contributed by atoms with Crippen molar-refractivity contribution in [2.75, 3.05) is 23.9 Å². The summed E-state index contributed by atoms with van der Waals surface area (Å²) in [5.74, 6) is -1.58. The molecule has 2 rings (SSSR count). The number of hydrogen-bond acceptors (Lipinski definition) is 2. The Morgan fingerprint density at radius 3 is 2.88 bits per heavy atom. The lowest BCUT2D eigenvalue weighted by Gasteiger charge is -2.29. The van der Waals surface area contributed by atoms with Crippen LogP contribution in [0.1, 0.15) is 6.42 Å². The molecule has 1 aliphatic heterocycles. The number of rotatable bonds is 3. The van der Waals surface area contributed by atoms with Gasteiger partial charge in [-0.25, -0.2) is 8.78 Å². The number of carbonyl (C=O) groups is 1. The largest absolute Gasteiger partial charge is 0.478 e. The van der Waals surface area contributed by atoms with Gasteiger partial charge in [0.1, 0.15) is 5.82 Å². The molecule has 0 N–H and O–H groups in total. The molecular weight excluding hydrogens is 252 g/mol. The Morgan fingerprint density at radius 2 is 2.18 bits per heavy atom. The number of halogens is 3. The molecule has 0 spiro atoms. The van der Waals surface area contributed by atoms with Gasteiger partial charge >= 0.3 is 0 Å². The topological polar surface area (TPSA) is 29.5 Å². The predicted octanol–water partition coefficient (Wildman–Crippen LogP) is 2.32. The fourth-order valence-electron chi connectivity index (χ4n) is 1.70. The van der Waals surface area contributed by atoms with Crippen molar-refractivity contribution in [3.8, 4) is 5.75 Å². The summed E-state index contributed by atoms with van der Waals surface area (Å²) >= 11 is 5.54. The van der Waals surface area contributed by atoms with E-state index in [2.05, 4.69) is 0 Å². The van der Waals surface area contributed by atoms with Crippen LogP contribution in [0.25, 0.3) is 0 Å². The van der Waals surface area contributed by atoms with Crippen LogP contribution in [-0.2, 0) is 4.79 Å². The zero-order valence-corrected chi connectivity index (χ0v) is 9.64. The average Bonchev–Trinajstić information content (AvgIpc) is 2.27. The van der Waals surface area contributed by atoms with E-state index in [0.717, 1.165) is 12.1 Å². The molecule has 1 aromatic carbocycles. The van der Waals surface area contributed by atoms with Crippen molar-refractivity contribution < 1.29 is 18.3 Å². The molecule has 1 aliphatic rings. The number of amides is 1. The molecule has 3 nitrogen and oxygen atoms in total. The van der Waals surface area contributed by atoms with Gasteiger partial charge in [-0.3, -0.25) is 4.79 Å². The quantitative estimate of drug-likeness (QED) is 0.782. The second-order valence-corrected chi connectivity index (χ2v) is 3.99. The Hall–Kier alpha value is -1.36.